The number of nitrogens with zero attached hydrogens (tertiary/aromatic N) is 2. The van der Waals surface area contributed by atoms with Crippen molar-refractivity contribution in [2.75, 3.05) is 19.9 Å². The molecule has 4 rings (SSSR count). The van der Waals surface area contributed by atoms with Crippen LogP contribution in [-0.2, 0) is 11.3 Å². The molecular formula is C19H22N2O4S. The Morgan fingerprint density at radius 1 is 1.35 bits per heavy atom. The van der Waals surface area contributed by atoms with Crippen molar-refractivity contribution in [2.24, 2.45) is 5.92 Å². The van der Waals surface area contributed by atoms with Crippen molar-refractivity contribution >= 4 is 17.3 Å². The number of likely N-dealkylation sites (tertiary alicyclic amines) is 1. The van der Waals surface area contributed by atoms with E-state index in [-0.39, 0.29) is 13.2 Å². The smallest absolute Gasteiger partial charge is 0.303 e. The molecule has 1 unspecified atom stereocenters. The summed E-state index contributed by atoms with van der Waals surface area (Å²) in [5.41, 5.74) is 2.12. The minimum absolute atomic E-state index is 0.267. The lowest BCUT2D eigenvalue weighted by molar-refractivity contribution is -0.137. The first-order chi connectivity index (χ1) is 12.7. The zero-order valence-corrected chi connectivity index (χ0v) is 15.3. The van der Waals surface area contributed by atoms with Gasteiger partial charge in [-0.3, -0.25) is 9.69 Å². The lowest BCUT2D eigenvalue weighted by Gasteiger charge is -2.32. The number of rotatable bonds is 6. The number of aromatic nitrogens is 1. The first kappa shape index (κ1) is 17.3. The Bertz CT molecular complexity index is 792. The van der Waals surface area contributed by atoms with Crippen molar-refractivity contribution in [1.29, 1.82) is 0 Å². The number of carbonyl (C=O) groups is 1. The Hall–Kier alpha value is -2.12. The van der Waals surface area contributed by atoms with Crippen LogP contribution in [0, 0.1) is 5.92 Å². The van der Waals surface area contributed by atoms with Gasteiger partial charge in [0.2, 0.25) is 6.79 Å². The van der Waals surface area contributed by atoms with Crippen molar-refractivity contribution in [3.63, 3.8) is 0 Å². The lowest BCUT2D eigenvalue weighted by atomic mass is 9.93. The standard InChI is InChI=1S/C19H22N2O4S/c22-18(23)6-3-13-2-1-7-21(9-13)10-15-11-26-19(20-15)14-4-5-16-17(8-14)25-12-24-16/h4-5,8,11,13H,1-3,6-7,9-10,12H2,(H,22,23). The monoisotopic (exact) mass is 374 g/mol. The first-order valence-corrected chi connectivity index (χ1v) is 9.84. The molecule has 0 amide bonds. The maximum Gasteiger partial charge on any atom is 0.303 e. The second-order valence-corrected chi connectivity index (χ2v) is 7.75. The topological polar surface area (TPSA) is 71.9 Å². The maximum absolute atomic E-state index is 10.8. The SMILES string of the molecule is O=C(O)CCC1CCCN(Cc2csc(-c3ccc4c(c3)OCO4)n2)C1. The zero-order valence-electron chi connectivity index (χ0n) is 14.5. The predicted octanol–water partition coefficient (Wildman–Crippen LogP) is 3.62. The molecule has 0 aliphatic carbocycles. The van der Waals surface area contributed by atoms with Gasteiger partial charge in [-0.15, -0.1) is 11.3 Å². The van der Waals surface area contributed by atoms with Crippen molar-refractivity contribution < 1.29 is 19.4 Å². The molecule has 1 atom stereocenters. The summed E-state index contributed by atoms with van der Waals surface area (Å²) in [5.74, 6) is 1.34. The van der Waals surface area contributed by atoms with Crippen LogP contribution in [0.15, 0.2) is 23.6 Å². The number of hydrogen-bond donors (Lipinski definition) is 1. The fraction of sp³-hybridized carbons (Fsp3) is 0.474. The van der Waals surface area contributed by atoms with E-state index in [2.05, 4.69) is 10.3 Å². The molecule has 2 aliphatic rings. The third kappa shape index (κ3) is 3.99. The predicted molar refractivity (Wildman–Crippen MR) is 98.5 cm³/mol. The van der Waals surface area contributed by atoms with Gasteiger partial charge < -0.3 is 14.6 Å². The lowest BCUT2D eigenvalue weighted by Crippen LogP contribution is -2.35. The van der Waals surface area contributed by atoms with Gasteiger partial charge in [0.1, 0.15) is 5.01 Å². The van der Waals surface area contributed by atoms with Crippen molar-refractivity contribution in [3.05, 3.63) is 29.3 Å². The molecule has 1 aromatic heterocycles. The van der Waals surface area contributed by atoms with Gasteiger partial charge in [-0.05, 0) is 49.9 Å². The van der Waals surface area contributed by atoms with Gasteiger partial charge in [0.05, 0.1) is 5.69 Å². The van der Waals surface area contributed by atoms with Crippen molar-refractivity contribution in [1.82, 2.24) is 9.88 Å². The Morgan fingerprint density at radius 3 is 3.12 bits per heavy atom. The molecule has 138 valence electrons. The van der Waals surface area contributed by atoms with Crippen LogP contribution < -0.4 is 9.47 Å². The van der Waals surface area contributed by atoms with Gasteiger partial charge in [0.25, 0.3) is 0 Å². The van der Waals surface area contributed by atoms with E-state index in [1.54, 1.807) is 11.3 Å². The van der Waals surface area contributed by atoms with Crippen LogP contribution in [0.4, 0.5) is 0 Å². The molecule has 0 saturated carbocycles. The first-order valence-electron chi connectivity index (χ1n) is 8.96. The van der Waals surface area contributed by atoms with Crippen LogP contribution in [0.3, 0.4) is 0 Å². The van der Waals surface area contributed by atoms with Crippen LogP contribution in [0.5, 0.6) is 11.5 Å². The molecule has 0 radical (unpaired) electrons. The second kappa shape index (κ2) is 7.63. The summed E-state index contributed by atoms with van der Waals surface area (Å²) in [7, 11) is 0. The van der Waals surface area contributed by atoms with E-state index in [1.165, 1.54) is 0 Å². The number of fused-ring (bicyclic) bond motifs is 1. The molecule has 1 aromatic carbocycles. The van der Waals surface area contributed by atoms with E-state index in [0.717, 1.165) is 66.7 Å². The van der Waals surface area contributed by atoms with Crippen LogP contribution in [0.1, 0.15) is 31.4 Å². The van der Waals surface area contributed by atoms with Crippen molar-refractivity contribution in [3.8, 4) is 22.1 Å². The summed E-state index contributed by atoms with van der Waals surface area (Å²) in [5, 5.41) is 12.0. The molecule has 1 saturated heterocycles. The third-order valence-corrected chi connectivity index (χ3v) is 5.87. The van der Waals surface area contributed by atoms with Gasteiger partial charge in [0, 0.05) is 30.5 Å². The molecule has 26 heavy (non-hydrogen) atoms. The summed E-state index contributed by atoms with van der Waals surface area (Å²) in [6.45, 7) is 3.12. The van der Waals surface area contributed by atoms with Gasteiger partial charge >= 0.3 is 5.97 Å². The van der Waals surface area contributed by atoms with Crippen LogP contribution in [0.2, 0.25) is 0 Å². The molecule has 2 aliphatic heterocycles. The zero-order chi connectivity index (χ0) is 17.9. The average Bonchev–Trinajstić information content (AvgIpc) is 3.28. The molecule has 1 N–H and O–H groups in total. The Balaban J connectivity index is 1.38. The number of aliphatic carboxylic acids is 1. The molecular weight excluding hydrogens is 352 g/mol. The molecule has 7 heteroatoms. The van der Waals surface area contributed by atoms with E-state index in [0.29, 0.717) is 5.92 Å². The van der Waals surface area contributed by atoms with Gasteiger partial charge in [-0.1, -0.05) is 0 Å². The molecule has 0 spiro atoms. The highest BCUT2D eigenvalue weighted by molar-refractivity contribution is 7.13. The summed E-state index contributed by atoms with van der Waals surface area (Å²) in [6, 6.07) is 5.92. The fourth-order valence-corrected chi connectivity index (χ4v) is 4.44. The van der Waals surface area contributed by atoms with E-state index in [9.17, 15) is 4.79 Å². The Kier molecular flexibility index (Phi) is 5.08. The number of carboxylic acids is 1. The third-order valence-electron chi connectivity index (χ3n) is 4.93. The largest absolute Gasteiger partial charge is 0.481 e. The Labute approximate surface area is 156 Å². The molecule has 2 aromatic rings. The van der Waals surface area contributed by atoms with Gasteiger partial charge in [-0.25, -0.2) is 4.98 Å². The van der Waals surface area contributed by atoms with E-state index >= 15 is 0 Å². The van der Waals surface area contributed by atoms with Crippen LogP contribution in [-0.4, -0.2) is 40.8 Å². The van der Waals surface area contributed by atoms with Gasteiger partial charge in [-0.2, -0.15) is 0 Å². The number of benzene rings is 1. The molecule has 6 nitrogen and oxygen atoms in total. The number of hydrogen-bond acceptors (Lipinski definition) is 6. The number of carboxylic acid groups (broad SMARTS) is 1. The van der Waals surface area contributed by atoms with E-state index < -0.39 is 5.97 Å². The molecule has 0 bridgehead atoms. The Morgan fingerprint density at radius 2 is 2.23 bits per heavy atom. The minimum Gasteiger partial charge on any atom is -0.481 e. The summed E-state index contributed by atoms with van der Waals surface area (Å²) >= 11 is 1.64. The normalized spacial score (nSPS) is 19.6. The molecule has 3 heterocycles. The van der Waals surface area contributed by atoms with Gasteiger partial charge in [0.15, 0.2) is 11.5 Å². The van der Waals surface area contributed by atoms with E-state index in [4.69, 9.17) is 19.6 Å². The van der Waals surface area contributed by atoms with Crippen LogP contribution in [0.25, 0.3) is 10.6 Å². The highest BCUT2D eigenvalue weighted by Crippen LogP contribution is 2.36. The fourth-order valence-electron chi connectivity index (χ4n) is 3.63. The van der Waals surface area contributed by atoms with Crippen LogP contribution >= 0.6 is 11.3 Å². The quantitative estimate of drug-likeness (QED) is 0.833. The minimum atomic E-state index is -0.699. The maximum atomic E-state index is 10.8. The van der Waals surface area contributed by atoms with Crippen molar-refractivity contribution in [2.45, 2.75) is 32.2 Å². The highest BCUT2D eigenvalue weighted by atomic mass is 32.1. The molecule has 1 fully saturated rings. The highest BCUT2D eigenvalue weighted by Gasteiger charge is 2.21. The number of piperidine rings is 1. The summed E-state index contributed by atoms with van der Waals surface area (Å²) in [6.07, 6.45) is 3.29. The number of ether oxygens (including phenoxy) is 2. The van der Waals surface area contributed by atoms with E-state index in [1.807, 2.05) is 18.2 Å². The summed E-state index contributed by atoms with van der Waals surface area (Å²) in [4.78, 5) is 18.0. The number of thiazole rings is 1. The summed E-state index contributed by atoms with van der Waals surface area (Å²) < 4.78 is 10.8. The average molecular weight is 374 g/mol. The second-order valence-electron chi connectivity index (χ2n) is 6.89.